The van der Waals surface area contributed by atoms with E-state index in [-0.39, 0.29) is 11.8 Å². The minimum absolute atomic E-state index is 0.0487. The predicted octanol–water partition coefficient (Wildman–Crippen LogP) is 3.03. The largest absolute Gasteiger partial charge is 0.340 e. The van der Waals surface area contributed by atoms with Crippen LogP contribution in [0.5, 0.6) is 0 Å². The molecule has 6 nitrogen and oxygen atoms in total. The van der Waals surface area contributed by atoms with Crippen molar-refractivity contribution in [3.8, 4) is 0 Å². The lowest BCUT2D eigenvalue weighted by Gasteiger charge is -2.24. The Hall–Kier alpha value is -1.73. The highest BCUT2D eigenvalue weighted by Crippen LogP contribution is 2.34. The number of amides is 1. The van der Waals surface area contributed by atoms with Crippen LogP contribution < -0.4 is 0 Å². The maximum absolute atomic E-state index is 12.4. The average Bonchev–Trinajstić information content (AvgIpc) is 3.32. The molecule has 0 bridgehead atoms. The van der Waals surface area contributed by atoms with Gasteiger partial charge in [-0.25, -0.2) is 0 Å². The van der Waals surface area contributed by atoms with E-state index < -0.39 is 0 Å². The lowest BCUT2D eigenvalue weighted by Crippen LogP contribution is -2.36. The van der Waals surface area contributed by atoms with Crippen molar-refractivity contribution < 1.29 is 4.79 Å². The van der Waals surface area contributed by atoms with Crippen molar-refractivity contribution in [3.63, 3.8) is 0 Å². The van der Waals surface area contributed by atoms with Gasteiger partial charge in [-0.15, -0.1) is 21.5 Å². The number of aromatic nitrogens is 3. The molecule has 4 heterocycles. The number of likely N-dealkylation sites (tertiary alicyclic amines) is 1. The van der Waals surface area contributed by atoms with Gasteiger partial charge in [-0.3, -0.25) is 9.69 Å². The summed E-state index contributed by atoms with van der Waals surface area (Å²) in [5, 5.41) is 9.09. The van der Waals surface area contributed by atoms with Crippen molar-refractivity contribution in [3.05, 3.63) is 33.5 Å². The van der Waals surface area contributed by atoms with Gasteiger partial charge >= 0.3 is 0 Å². The summed E-state index contributed by atoms with van der Waals surface area (Å²) in [7, 11) is 0. The zero-order valence-corrected chi connectivity index (χ0v) is 17.3. The van der Waals surface area contributed by atoms with Gasteiger partial charge in [0.05, 0.1) is 6.04 Å². The number of carbonyl (C=O) groups excluding carboxylic acids is 1. The second-order valence-electron chi connectivity index (χ2n) is 8.00. The minimum atomic E-state index is 0.0487. The molecule has 1 amide bonds. The zero-order valence-electron chi connectivity index (χ0n) is 16.5. The molecule has 2 aliphatic heterocycles. The highest BCUT2D eigenvalue weighted by atomic mass is 32.1. The fourth-order valence-corrected chi connectivity index (χ4v) is 5.17. The van der Waals surface area contributed by atoms with Gasteiger partial charge in [-0.1, -0.05) is 13.8 Å². The average molecular weight is 388 g/mol. The van der Waals surface area contributed by atoms with Crippen LogP contribution in [0.25, 0.3) is 0 Å². The molecule has 27 heavy (non-hydrogen) atoms. The zero-order chi connectivity index (χ0) is 19.0. The van der Waals surface area contributed by atoms with Crippen LogP contribution in [-0.4, -0.2) is 50.1 Å². The van der Waals surface area contributed by atoms with E-state index in [0.29, 0.717) is 6.04 Å². The van der Waals surface area contributed by atoms with Crippen LogP contribution in [0.4, 0.5) is 0 Å². The summed E-state index contributed by atoms with van der Waals surface area (Å²) in [5.74, 6) is 2.41. The van der Waals surface area contributed by atoms with Gasteiger partial charge < -0.3 is 9.47 Å². The SMILES string of the molecule is Cc1ccc(CN2CCCC2c2nnc3n2CCN(C(=O)C(C)C)CC3)s1. The molecule has 0 spiro atoms. The van der Waals surface area contributed by atoms with Crippen LogP contribution in [0.1, 0.15) is 54.1 Å². The first-order valence-corrected chi connectivity index (χ1v) is 10.8. The summed E-state index contributed by atoms with van der Waals surface area (Å²) >= 11 is 1.88. The molecule has 1 fully saturated rings. The number of carbonyl (C=O) groups is 1. The van der Waals surface area contributed by atoms with Crippen LogP contribution in [0, 0.1) is 12.8 Å². The summed E-state index contributed by atoms with van der Waals surface area (Å²) in [6, 6.07) is 4.78. The molecule has 0 N–H and O–H groups in total. The molecule has 7 heteroatoms. The monoisotopic (exact) mass is 387 g/mol. The number of aryl methyl sites for hydroxylation is 1. The van der Waals surface area contributed by atoms with Crippen LogP contribution in [0.3, 0.4) is 0 Å². The van der Waals surface area contributed by atoms with Gasteiger partial charge in [0.25, 0.3) is 0 Å². The van der Waals surface area contributed by atoms with E-state index in [9.17, 15) is 4.79 Å². The van der Waals surface area contributed by atoms with E-state index in [4.69, 9.17) is 0 Å². The molecule has 2 aromatic rings. The number of rotatable bonds is 4. The third-order valence-corrected chi connectivity index (χ3v) is 6.66. The number of hydrogen-bond donors (Lipinski definition) is 0. The normalized spacial score (nSPS) is 20.9. The predicted molar refractivity (Wildman–Crippen MR) is 107 cm³/mol. The maximum Gasteiger partial charge on any atom is 0.225 e. The van der Waals surface area contributed by atoms with E-state index in [2.05, 4.69) is 38.7 Å². The van der Waals surface area contributed by atoms with Gasteiger partial charge in [0, 0.05) is 48.3 Å². The van der Waals surface area contributed by atoms with Crippen LogP contribution >= 0.6 is 11.3 Å². The van der Waals surface area contributed by atoms with Crippen molar-refractivity contribution >= 4 is 17.2 Å². The molecule has 2 aromatic heterocycles. The number of thiophene rings is 1. The molecule has 0 aromatic carbocycles. The second-order valence-corrected chi connectivity index (χ2v) is 9.37. The number of hydrogen-bond acceptors (Lipinski definition) is 5. The highest BCUT2D eigenvalue weighted by Gasteiger charge is 2.32. The van der Waals surface area contributed by atoms with E-state index in [1.165, 1.54) is 16.2 Å². The molecule has 0 saturated carbocycles. The lowest BCUT2D eigenvalue weighted by atomic mass is 10.2. The first-order valence-electron chi connectivity index (χ1n) is 10.0. The van der Waals surface area contributed by atoms with Gasteiger partial charge in [0.2, 0.25) is 5.91 Å². The Morgan fingerprint density at radius 1 is 1.22 bits per heavy atom. The molecule has 0 radical (unpaired) electrons. The lowest BCUT2D eigenvalue weighted by molar-refractivity contribution is -0.134. The van der Waals surface area contributed by atoms with E-state index >= 15 is 0 Å². The molecular formula is C20H29N5OS. The van der Waals surface area contributed by atoms with Gasteiger partial charge in [0.1, 0.15) is 11.6 Å². The first-order chi connectivity index (χ1) is 13.0. The van der Waals surface area contributed by atoms with Crippen molar-refractivity contribution in [2.75, 3.05) is 19.6 Å². The Kier molecular flexibility index (Phi) is 5.32. The van der Waals surface area contributed by atoms with E-state index in [1.54, 1.807) is 0 Å². The van der Waals surface area contributed by atoms with Crippen molar-refractivity contribution in [2.24, 2.45) is 5.92 Å². The quantitative estimate of drug-likeness (QED) is 0.809. The number of fused-ring (bicyclic) bond motifs is 1. The minimum Gasteiger partial charge on any atom is -0.340 e. The Morgan fingerprint density at radius 2 is 2.07 bits per heavy atom. The maximum atomic E-state index is 12.4. The van der Waals surface area contributed by atoms with Crippen molar-refractivity contribution in [2.45, 2.75) is 59.2 Å². The van der Waals surface area contributed by atoms with Crippen LogP contribution in [0.15, 0.2) is 12.1 Å². The molecule has 1 saturated heterocycles. The molecule has 146 valence electrons. The third-order valence-electron chi connectivity index (χ3n) is 5.68. The van der Waals surface area contributed by atoms with Crippen LogP contribution in [0.2, 0.25) is 0 Å². The molecule has 1 unspecified atom stereocenters. The van der Waals surface area contributed by atoms with Crippen molar-refractivity contribution in [1.82, 2.24) is 24.6 Å². The molecule has 2 aliphatic rings. The summed E-state index contributed by atoms with van der Waals surface area (Å²) in [6.07, 6.45) is 3.13. The van der Waals surface area contributed by atoms with E-state index in [1.807, 2.05) is 30.1 Å². The Morgan fingerprint density at radius 3 is 2.81 bits per heavy atom. The molecule has 4 rings (SSSR count). The second kappa shape index (κ2) is 7.72. The molecule has 0 aliphatic carbocycles. The standard InChI is InChI=1S/C20H29N5OS/c1-14(2)20(26)23-10-8-18-21-22-19(25(18)12-11-23)17-5-4-9-24(17)13-16-7-6-15(3)27-16/h6-7,14,17H,4-5,8-13H2,1-3H3. The molecular weight excluding hydrogens is 358 g/mol. The number of nitrogens with zero attached hydrogens (tertiary/aromatic N) is 5. The molecule has 1 atom stereocenters. The summed E-state index contributed by atoms with van der Waals surface area (Å²) in [6.45, 7) is 10.5. The summed E-state index contributed by atoms with van der Waals surface area (Å²) in [4.78, 5) is 19.7. The van der Waals surface area contributed by atoms with Gasteiger partial charge in [-0.2, -0.15) is 0 Å². The van der Waals surface area contributed by atoms with Crippen molar-refractivity contribution in [1.29, 1.82) is 0 Å². The van der Waals surface area contributed by atoms with Gasteiger partial charge in [0.15, 0.2) is 0 Å². The Labute approximate surface area is 165 Å². The highest BCUT2D eigenvalue weighted by molar-refractivity contribution is 7.11. The fourth-order valence-electron chi connectivity index (χ4n) is 4.26. The Balaban J connectivity index is 1.51. The van der Waals surface area contributed by atoms with Gasteiger partial charge in [-0.05, 0) is 38.4 Å². The third kappa shape index (κ3) is 3.80. The Bertz CT molecular complexity index is 811. The summed E-state index contributed by atoms with van der Waals surface area (Å²) in [5.41, 5.74) is 0. The fraction of sp³-hybridized carbons (Fsp3) is 0.650. The van der Waals surface area contributed by atoms with Crippen LogP contribution in [-0.2, 0) is 24.3 Å². The topological polar surface area (TPSA) is 54.3 Å². The summed E-state index contributed by atoms with van der Waals surface area (Å²) < 4.78 is 2.29. The first kappa shape index (κ1) is 18.6. The smallest absolute Gasteiger partial charge is 0.225 e. The van der Waals surface area contributed by atoms with E-state index in [0.717, 1.165) is 57.2 Å².